The number of amides is 1. The van der Waals surface area contributed by atoms with Gasteiger partial charge in [-0.25, -0.2) is 0 Å². The molecular weight excluding hydrogens is 280 g/mol. The van der Waals surface area contributed by atoms with Crippen LogP contribution in [-0.2, 0) is 18.3 Å². The lowest BCUT2D eigenvalue weighted by Gasteiger charge is -2.08. The second-order valence-electron chi connectivity index (χ2n) is 4.93. The van der Waals surface area contributed by atoms with Gasteiger partial charge in [-0.1, -0.05) is 18.2 Å². The van der Waals surface area contributed by atoms with Crippen LogP contribution in [-0.4, -0.2) is 34.3 Å². The Morgan fingerprint density at radius 2 is 2.18 bits per heavy atom. The number of rotatable bonds is 6. The summed E-state index contributed by atoms with van der Waals surface area (Å²) in [6.45, 7) is 2.40. The van der Waals surface area contributed by atoms with Crippen LogP contribution in [0.2, 0.25) is 0 Å². The van der Waals surface area contributed by atoms with Crippen LogP contribution in [0.15, 0.2) is 36.7 Å². The highest BCUT2D eigenvalue weighted by Crippen LogP contribution is 2.24. The Morgan fingerprint density at radius 3 is 2.86 bits per heavy atom. The highest BCUT2D eigenvalue weighted by molar-refractivity contribution is 5.95. The minimum absolute atomic E-state index is 0.134. The number of hydrogen-bond acceptors (Lipinski definition) is 4. The van der Waals surface area contributed by atoms with Gasteiger partial charge in [0.15, 0.2) is 0 Å². The Balaban J connectivity index is 1.94. The molecule has 1 heterocycles. The van der Waals surface area contributed by atoms with E-state index < -0.39 is 0 Å². The molecule has 6 nitrogen and oxygen atoms in total. The molecule has 116 valence electrons. The fourth-order valence-corrected chi connectivity index (χ4v) is 2.13. The summed E-state index contributed by atoms with van der Waals surface area (Å²) < 4.78 is 7.14. The largest absolute Gasteiger partial charge is 0.496 e. The van der Waals surface area contributed by atoms with Gasteiger partial charge in [0.1, 0.15) is 17.9 Å². The fraction of sp³-hybridized carbons (Fsp3) is 0.312. The van der Waals surface area contributed by atoms with Crippen molar-refractivity contribution >= 4 is 11.5 Å². The van der Waals surface area contributed by atoms with E-state index in [4.69, 9.17) is 4.74 Å². The predicted molar refractivity (Wildman–Crippen MR) is 84.4 cm³/mol. The first-order valence-electron chi connectivity index (χ1n) is 7.04. The minimum atomic E-state index is -0.134. The van der Waals surface area contributed by atoms with E-state index in [0.717, 1.165) is 22.7 Å². The predicted octanol–water partition coefficient (Wildman–Crippen LogP) is 1.59. The minimum Gasteiger partial charge on any atom is -0.496 e. The maximum absolute atomic E-state index is 12.0. The first-order valence-corrected chi connectivity index (χ1v) is 7.04. The van der Waals surface area contributed by atoms with Crippen molar-refractivity contribution in [3.63, 3.8) is 0 Å². The van der Waals surface area contributed by atoms with Gasteiger partial charge in [0.25, 0.3) is 0 Å². The summed E-state index contributed by atoms with van der Waals surface area (Å²) in [6.07, 6.45) is 3.86. The van der Waals surface area contributed by atoms with Crippen LogP contribution >= 0.6 is 0 Å². The molecule has 0 bridgehead atoms. The van der Waals surface area contributed by atoms with Crippen molar-refractivity contribution in [2.24, 2.45) is 7.05 Å². The van der Waals surface area contributed by atoms with Gasteiger partial charge in [-0.15, -0.1) is 10.2 Å². The van der Waals surface area contributed by atoms with Crippen LogP contribution in [0.1, 0.15) is 18.3 Å². The van der Waals surface area contributed by atoms with Gasteiger partial charge in [0, 0.05) is 31.7 Å². The zero-order valence-electron chi connectivity index (χ0n) is 13.0. The monoisotopic (exact) mass is 300 g/mol. The van der Waals surface area contributed by atoms with Crippen LogP contribution in [0.25, 0.3) is 5.57 Å². The summed E-state index contributed by atoms with van der Waals surface area (Å²) in [5.74, 6) is 1.46. The number of benzene rings is 1. The molecule has 2 rings (SSSR count). The molecule has 1 N–H and O–H groups in total. The second-order valence-corrected chi connectivity index (χ2v) is 4.93. The molecule has 0 unspecified atom stereocenters. The Kier molecular flexibility index (Phi) is 5.30. The Labute approximate surface area is 129 Å². The number of hydrogen-bond donors (Lipinski definition) is 1. The van der Waals surface area contributed by atoms with Crippen molar-refractivity contribution in [3.8, 4) is 5.75 Å². The highest BCUT2D eigenvalue weighted by atomic mass is 16.5. The maximum atomic E-state index is 12.0. The molecule has 0 radical (unpaired) electrons. The zero-order chi connectivity index (χ0) is 15.9. The normalized spacial score (nSPS) is 11.3. The Hall–Kier alpha value is -2.63. The third-order valence-corrected chi connectivity index (χ3v) is 3.33. The van der Waals surface area contributed by atoms with Crippen molar-refractivity contribution in [3.05, 3.63) is 48.1 Å². The van der Waals surface area contributed by atoms with E-state index in [1.807, 2.05) is 42.8 Å². The second kappa shape index (κ2) is 7.40. The molecule has 2 aromatic rings. The number of carbonyl (C=O) groups excluding carboxylic acids is 1. The van der Waals surface area contributed by atoms with E-state index in [-0.39, 0.29) is 5.91 Å². The molecule has 0 fully saturated rings. The molecule has 0 atom stereocenters. The number of nitrogens with one attached hydrogen (secondary N) is 1. The van der Waals surface area contributed by atoms with E-state index in [0.29, 0.717) is 13.0 Å². The number of allylic oxidation sites excluding steroid dienone is 1. The van der Waals surface area contributed by atoms with E-state index >= 15 is 0 Å². The summed E-state index contributed by atoms with van der Waals surface area (Å²) >= 11 is 0. The van der Waals surface area contributed by atoms with Crippen LogP contribution in [0.3, 0.4) is 0 Å². The number of carbonyl (C=O) groups is 1. The lowest BCUT2D eigenvalue weighted by Crippen LogP contribution is -2.24. The van der Waals surface area contributed by atoms with Crippen LogP contribution in [0, 0.1) is 0 Å². The van der Waals surface area contributed by atoms with Crippen molar-refractivity contribution < 1.29 is 9.53 Å². The number of ether oxygens (including phenoxy) is 1. The number of aromatic nitrogens is 3. The lowest BCUT2D eigenvalue weighted by atomic mass is 10.1. The molecule has 0 saturated heterocycles. The number of aryl methyl sites for hydroxylation is 1. The number of para-hydroxylation sites is 1. The molecular formula is C16H20N4O2. The molecule has 22 heavy (non-hydrogen) atoms. The molecule has 1 amide bonds. The standard InChI is InChI=1S/C16H20N4O2/c1-12(13-6-4-5-7-14(13)22-3)10-16(21)17-9-8-15-19-18-11-20(15)2/h4-7,10-11H,8-9H2,1-3H3,(H,17,21). The zero-order valence-corrected chi connectivity index (χ0v) is 13.0. The van der Waals surface area contributed by atoms with Gasteiger partial charge in [-0.05, 0) is 18.6 Å². The molecule has 6 heteroatoms. The number of methoxy groups -OCH3 is 1. The summed E-state index contributed by atoms with van der Waals surface area (Å²) in [6, 6.07) is 7.62. The number of nitrogens with zero attached hydrogens (tertiary/aromatic N) is 3. The third-order valence-electron chi connectivity index (χ3n) is 3.33. The average molecular weight is 300 g/mol. The maximum Gasteiger partial charge on any atom is 0.244 e. The van der Waals surface area contributed by atoms with Gasteiger partial charge in [-0.2, -0.15) is 0 Å². The molecule has 0 aliphatic rings. The van der Waals surface area contributed by atoms with Crippen LogP contribution in [0.5, 0.6) is 5.75 Å². The van der Waals surface area contributed by atoms with Gasteiger partial charge in [0.2, 0.25) is 5.91 Å². The van der Waals surface area contributed by atoms with Crippen LogP contribution < -0.4 is 10.1 Å². The Morgan fingerprint density at radius 1 is 1.41 bits per heavy atom. The quantitative estimate of drug-likeness (QED) is 0.823. The molecule has 0 spiro atoms. The summed E-state index contributed by atoms with van der Waals surface area (Å²) in [5.41, 5.74) is 1.77. The smallest absolute Gasteiger partial charge is 0.244 e. The van der Waals surface area contributed by atoms with Gasteiger partial charge >= 0.3 is 0 Å². The van der Waals surface area contributed by atoms with Crippen molar-refractivity contribution in [2.45, 2.75) is 13.3 Å². The van der Waals surface area contributed by atoms with Crippen molar-refractivity contribution in [2.75, 3.05) is 13.7 Å². The van der Waals surface area contributed by atoms with E-state index in [2.05, 4.69) is 15.5 Å². The molecule has 0 aliphatic heterocycles. The highest BCUT2D eigenvalue weighted by Gasteiger charge is 2.06. The van der Waals surface area contributed by atoms with Crippen molar-refractivity contribution in [1.82, 2.24) is 20.1 Å². The van der Waals surface area contributed by atoms with Crippen LogP contribution in [0.4, 0.5) is 0 Å². The third kappa shape index (κ3) is 3.94. The van der Waals surface area contributed by atoms with Gasteiger partial charge < -0.3 is 14.6 Å². The Bertz CT molecular complexity index is 676. The first-order chi connectivity index (χ1) is 10.6. The van der Waals surface area contributed by atoms with Gasteiger partial charge in [-0.3, -0.25) is 4.79 Å². The first kappa shape index (κ1) is 15.8. The van der Waals surface area contributed by atoms with Crippen molar-refractivity contribution in [1.29, 1.82) is 0 Å². The molecule has 1 aromatic carbocycles. The van der Waals surface area contributed by atoms with E-state index in [1.165, 1.54) is 0 Å². The van der Waals surface area contributed by atoms with E-state index in [9.17, 15) is 4.79 Å². The topological polar surface area (TPSA) is 69.0 Å². The average Bonchev–Trinajstić information content (AvgIpc) is 2.92. The molecule has 1 aromatic heterocycles. The van der Waals surface area contributed by atoms with E-state index in [1.54, 1.807) is 19.5 Å². The lowest BCUT2D eigenvalue weighted by molar-refractivity contribution is -0.116. The molecule has 0 aliphatic carbocycles. The summed E-state index contributed by atoms with van der Waals surface area (Å²) in [4.78, 5) is 12.0. The summed E-state index contributed by atoms with van der Waals surface area (Å²) in [5, 5.41) is 10.6. The fourth-order valence-electron chi connectivity index (χ4n) is 2.13. The van der Waals surface area contributed by atoms with Gasteiger partial charge in [0.05, 0.1) is 7.11 Å². The SMILES string of the molecule is COc1ccccc1C(C)=CC(=O)NCCc1nncn1C. The molecule has 0 saturated carbocycles. The summed E-state index contributed by atoms with van der Waals surface area (Å²) in [7, 11) is 3.50.